The van der Waals surface area contributed by atoms with Gasteiger partial charge in [-0.1, -0.05) is 25.3 Å². The first-order valence-corrected chi connectivity index (χ1v) is 4.21. The molecule has 1 aromatic rings. The Kier molecular flexibility index (Phi) is 3.18. The molecule has 0 aliphatic carbocycles. The van der Waals surface area contributed by atoms with E-state index in [1.54, 1.807) is 12.4 Å². The predicted molar refractivity (Wildman–Crippen MR) is 58.8 cm³/mol. The van der Waals surface area contributed by atoms with Gasteiger partial charge in [0.05, 0.1) is 5.56 Å². The quantitative estimate of drug-likeness (QED) is 0.743. The normalized spacial score (nSPS) is 9.33. The average Bonchev–Trinajstić information content (AvgIpc) is 2.26. The van der Waals surface area contributed by atoms with Crippen molar-refractivity contribution in [2.75, 3.05) is 0 Å². The van der Waals surface area contributed by atoms with Crippen LogP contribution in [-0.4, -0.2) is 12.2 Å². The van der Waals surface area contributed by atoms with Crippen LogP contribution in [0.25, 0.3) is 12.2 Å². The molecular weight excluding hydrogens is 190 g/mol. The van der Waals surface area contributed by atoms with Crippen LogP contribution in [0.3, 0.4) is 0 Å². The number of hydrogen-bond donors (Lipinski definition) is 0. The van der Waals surface area contributed by atoms with Crippen LogP contribution in [-0.2, 0) is 4.79 Å². The van der Waals surface area contributed by atoms with Crippen molar-refractivity contribution in [2.24, 2.45) is 0 Å². The van der Waals surface area contributed by atoms with Gasteiger partial charge in [-0.25, -0.2) is 0 Å². The molecule has 1 aromatic carbocycles. The van der Waals surface area contributed by atoms with Gasteiger partial charge in [0.1, 0.15) is 0 Å². The average molecular weight is 199 g/mol. The maximum Gasteiger partial charge on any atom is 0.270 e. The molecule has 0 saturated carbocycles. The zero-order chi connectivity index (χ0) is 11.4. The van der Waals surface area contributed by atoms with Crippen molar-refractivity contribution in [1.82, 2.24) is 5.73 Å². The molecule has 0 heterocycles. The summed E-state index contributed by atoms with van der Waals surface area (Å²) < 4.78 is 0. The van der Waals surface area contributed by atoms with E-state index >= 15 is 0 Å². The van der Waals surface area contributed by atoms with Gasteiger partial charge in [0.25, 0.3) is 5.91 Å². The van der Waals surface area contributed by atoms with Gasteiger partial charge < -0.3 is 0 Å². The number of hydrogen-bond acceptors (Lipinski definition) is 2. The highest BCUT2D eigenvalue weighted by Gasteiger charge is 2.11. The number of nitrogens with one attached hydrogen (secondary N) is 1. The Labute approximate surface area is 87.9 Å². The van der Waals surface area contributed by atoms with Gasteiger partial charge in [-0.3, -0.25) is 15.3 Å². The number of rotatable bonds is 4. The highest BCUT2D eigenvalue weighted by molar-refractivity contribution is 6.01. The van der Waals surface area contributed by atoms with E-state index < -0.39 is 5.91 Å². The highest BCUT2D eigenvalue weighted by Crippen LogP contribution is 2.18. The second kappa shape index (κ2) is 4.37. The molecule has 0 bridgehead atoms. The van der Waals surface area contributed by atoms with E-state index in [4.69, 9.17) is 5.73 Å². The van der Waals surface area contributed by atoms with Crippen LogP contribution in [0, 0.1) is 0 Å². The molecule has 0 atom stereocenters. The third-order valence-corrected chi connectivity index (χ3v) is 2.02. The first-order valence-electron chi connectivity index (χ1n) is 4.21. The topological polar surface area (TPSA) is 57.9 Å². The van der Waals surface area contributed by atoms with Crippen LogP contribution in [0.15, 0.2) is 25.3 Å². The van der Waals surface area contributed by atoms with Crippen molar-refractivity contribution in [3.8, 4) is 0 Å². The number of carbonyl (C=O) groups is 1. The molecule has 0 aromatic heterocycles. The van der Waals surface area contributed by atoms with Crippen LogP contribution < -0.4 is 5.73 Å². The Morgan fingerprint density at radius 3 is 2.20 bits per heavy atom. The summed E-state index contributed by atoms with van der Waals surface area (Å²) in [5.74, 6) is -0.910. The monoisotopic (exact) mass is 199 g/mol. The molecule has 0 unspecified atom stereocenters. The number of benzene rings is 1. The van der Waals surface area contributed by atoms with E-state index in [-0.39, 0.29) is 11.1 Å². The Morgan fingerprint density at radius 2 is 1.80 bits per heavy atom. The van der Waals surface area contributed by atoms with E-state index in [0.717, 1.165) is 0 Å². The lowest BCUT2D eigenvalue weighted by atomic mass is 9.98. The Balaban J connectivity index is 3.53. The molecule has 1 N–H and O–H groups in total. The van der Waals surface area contributed by atoms with E-state index in [0.29, 0.717) is 11.1 Å². The maximum absolute atomic E-state index is 10.9. The third-order valence-electron chi connectivity index (χ3n) is 2.02. The molecule has 3 heteroatoms. The van der Waals surface area contributed by atoms with E-state index in [1.807, 2.05) is 0 Å². The fourth-order valence-electron chi connectivity index (χ4n) is 1.26. The fraction of sp³-hybridized carbons (Fsp3) is 0. The lowest BCUT2D eigenvalue weighted by Gasteiger charge is -2.05. The van der Waals surface area contributed by atoms with Gasteiger partial charge in [0.2, 0.25) is 6.29 Å². The van der Waals surface area contributed by atoms with Gasteiger partial charge >= 0.3 is 0 Å². The summed E-state index contributed by atoms with van der Waals surface area (Å²) in [6.45, 7) is 7.16. The van der Waals surface area contributed by atoms with Crippen LogP contribution in [0.2, 0.25) is 0 Å². The van der Waals surface area contributed by atoms with Crippen LogP contribution in [0.1, 0.15) is 27.0 Å². The van der Waals surface area contributed by atoms with Gasteiger partial charge in [0, 0.05) is 5.56 Å². The molecule has 0 aliphatic rings. The summed E-state index contributed by atoms with van der Waals surface area (Å²) in [5, 5.41) is 0. The molecule has 0 spiro atoms. The molecule has 0 aliphatic heterocycles. The van der Waals surface area contributed by atoms with Gasteiger partial charge in [-0.15, -0.1) is 0 Å². The molecule has 0 fully saturated rings. The lowest BCUT2D eigenvalue weighted by molar-refractivity contribution is 0.0992. The van der Waals surface area contributed by atoms with Crippen LogP contribution >= 0.6 is 0 Å². The van der Waals surface area contributed by atoms with E-state index in [2.05, 4.69) is 13.2 Å². The second-order valence-corrected chi connectivity index (χ2v) is 2.87. The van der Waals surface area contributed by atoms with Crippen LogP contribution in [0.5, 0.6) is 0 Å². The molecule has 15 heavy (non-hydrogen) atoms. The smallest absolute Gasteiger partial charge is 0.270 e. The van der Waals surface area contributed by atoms with E-state index in [9.17, 15) is 9.59 Å². The summed E-state index contributed by atoms with van der Waals surface area (Å²) in [4.78, 5) is 21.5. The SMILES string of the molecule is C=Cc1cc([C]=O)c(C([NH])=O)cc1C=C. The molecule has 2 radical (unpaired) electrons. The van der Waals surface area contributed by atoms with Crippen molar-refractivity contribution >= 4 is 24.3 Å². The summed E-state index contributed by atoms with van der Waals surface area (Å²) in [6.07, 6.45) is 4.72. The van der Waals surface area contributed by atoms with E-state index in [1.165, 1.54) is 18.2 Å². The minimum Gasteiger partial charge on any atom is -0.285 e. The highest BCUT2D eigenvalue weighted by atomic mass is 16.1. The minimum atomic E-state index is -0.910. The van der Waals surface area contributed by atoms with Gasteiger partial charge in [0.15, 0.2) is 0 Å². The van der Waals surface area contributed by atoms with Crippen LogP contribution in [0.4, 0.5) is 0 Å². The maximum atomic E-state index is 10.9. The first-order chi connectivity index (χ1) is 7.13. The number of amides is 1. The third kappa shape index (κ3) is 2.02. The van der Waals surface area contributed by atoms with Crippen molar-refractivity contribution in [2.45, 2.75) is 0 Å². The first kappa shape index (κ1) is 10.9. The minimum absolute atomic E-state index is 0.0329. The Morgan fingerprint density at radius 1 is 1.27 bits per heavy atom. The second-order valence-electron chi connectivity index (χ2n) is 2.87. The summed E-state index contributed by atoms with van der Waals surface area (Å²) in [5.41, 5.74) is 8.45. The van der Waals surface area contributed by atoms with Crippen molar-refractivity contribution in [1.29, 1.82) is 0 Å². The Bertz CT molecular complexity index is 447. The molecular formula is C12H9NO2. The summed E-state index contributed by atoms with van der Waals surface area (Å²) in [7, 11) is 0. The number of carbonyl (C=O) groups excluding carboxylic acids is 2. The van der Waals surface area contributed by atoms with Crippen molar-refractivity contribution in [3.63, 3.8) is 0 Å². The standard InChI is InChI=1S/C12H9NO2/c1-3-8-5-10(7-14)11(12(13)15)6-9(8)4-2/h3-6,13H,1-2H2. The largest absolute Gasteiger partial charge is 0.285 e. The molecule has 0 saturated heterocycles. The van der Waals surface area contributed by atoms with Crippen molar-refractivity contribution in [3.05, 3.63) is 47.5 Å². The Hall–Kier alpha value is -2.16. The lowest BCUT2D eigenvalue weighted by Crippen LogP contribution is -2.05. The fourth-order valence-corrected chi connectivity index (χ4v) is 1.26. The van der Waals surface area contributed by atoms with Gasteiger partial charge in [-0.2, -0.15) is 0 Å². The zero-order valence-corrected chi connectivity index (χ0v) is 8.04. The molecule has 1 rings (SSSR count). The molecule has 74 valence electrons. The predicted octanol–water partition coefficient (Wildman–Crippen LogP) is 1.85. The molecule has 1 amide bonds. The summed E-state index contributed by atoms with van der Waals surface area (Å²) >= 11 is 0. The molecule has 3 nitrogen and oxygen atoms in total. The van der Waals surface area contributed by atoms with Crippen molar-refractivity contribution < 1.29 is 9.59 Å². The summed E-state index contributed by atoms with van der Waals surface area (Å²) in [6, 6.07) is 2.92. The van der Waals surface area contributed by atoms with Gasteiger partial charge in [-0.05, 0) is 23.3 Å². The zero-order valence-electron chi connectivity index (χ0n) is 8.04.